The summed E-state index contributed by atoms with van der Waals surface area (Å²) < 4.78 is 6.31. The lowest BCUT2D eigenvalue weighted by Crippen LogP contribution is -2.26. The minimum Gasteiger partial charge on any atom is -0.352 e. The molecule has 4 rings (SSSR count). The summed E-state index contributed by atoms with van der Waals surface area (Å²) in [7, 11) is 0. The Morgan fingerprint density at radius 3 is 2.61 bits per heavy atom. The Hall–Kier alpha value is -0.680. The Kier molecular flexibility index (Phi) is 2.77. The van der Waals surface area contributed by atoms with E-state index in [1.807, 2.05) is 22.7 Å². The standard InChI is InChI=1S/C14H15NOS2/c1-6-12-15(7-1)13(10-4-2-8-17-10)14(16-12)11-5-3-9-18-11/h2-5,8-9,12-14H,1,6-7H2/t12?,13-,14-/m1/s1. The van der Waals surface area contributed by atoms with Gasteiger partial charge >= 0.3 is 0 Å². The maximum atomic E-state index is 6.31. The van der Waals surface area contributed by atoms with Crippen LogP contribution < -0.4 is 0 Å². The molecular weight excluding hydrogens is 262 g/mol. The molecule has 2 aromatic heterocycles. The summed E-state index contributed by atoms with van der Waals surface area (Å²) in [6.07, 6.45) is 3.02. The van der Waals surface area contributed by atoms with Gasteiger partial charge in [-0.15, -0.1) is 22.7 Å². The van der Waals surface area contributed by atoms with Gasteiger partial charge in [0.2, 0.25) is 0 Å². The molecule has 0 spiro atoms. The second-order valence-electron chi connectivity index (χ2n) is 4.87. The van der Waals surface area contributed by atoms with Crippen LogP contribution in [-0.4, -0.2) is 17.7 Å². The van der Waals surface area contributed by atoms with Gasteiger partial charge in [-0.05, 0) is 35.7 Å². The molecule has 0 aromatic carbocycles. The van der Waals surface area contributed by atoms with Gasteiger partial charge in [-0.25, -0.2) is 0 Å². The first-order valence-electron chi connectivity index (χ1n) is 6.41. The number of ether oxygens (including phenoxy) is 1. The van der Waals surface area contributed by atoms with Gasteiger partial charge in [-0.1, -0.05) is 12.1 Å². The van der Waals surface area contributed by atoms with E-state index in [1.165, 1.54) is 29.1 Å². The molecule has 0 saturated carbocycles. The van der Waals surface area contributed by atoms with Crippen LogP contribution in [0.1, 0.15) is 34.7 Å². The van der Waals surface area contributed by atoms with Crippen LogP contribution in [0.3, 0.4) is 0 Å². The third-order valence-corrected chi connectivity index (χ3v) is 5.72. The van der Waals surface area contributed by atoms with Gasteiger partial charge in [-0.3, -0.25) is 4.90 Å². The van der Waals surface area contributed by atoms with E-state index in [9.17, 15) is 0 Å². The van der Waals surface area contributed by atoms with Crippen molar-refractivity contribution in [3.63, 3.8) is 0 Å². The molecule has 0 radical (unpaired) electrons. The first-order valence-corrected chi connectivity index (χ1v) is 8.17. The summed E-state index contributed by atoms with van der Waals surface area (Å²) in [6, 6.07) is 9.15. The second-order valence-corrected chi connectivity index (χ2v) is 6.83. The number of hydrogen-bond donors (Lipinski definition) is 0. The number of nitrogens with zero attached hydrogens (tertiary/aromatic N) is 1. The molecule has 4 heterocycles. The van der Waals surface area contributed by atoms with E-state index in [0.29, 0.717) is 12.3 Å². The second kappa shape index (κ2) is 4.46. The van der Waals surface area contributed by atoms with E-state index >= 15 is 0 Å². The van der Waals surface area contributed by atoms with Gasteiger partial charge in [0.05, 0.1) is 6.04 Å². The molecule has 0 N–H and O–H groups in total. The average Bonchev–Trinajstić information content (AvgIpc) is 3.13. The fourth-order valence-electron chi connectivity index (χ4n) is 3.09. The zero-order valence-electron chi connectivity index (χ0n) is 9.99. The fourth-order valence-corrected chi connectivity index (χ4v) is 4.75. The minimum absolute atomic E-state index is 0.231. The molecule has 1 unspecified atom stereocenters. The maximum Gasteiger partial charge on any atom is 0.114 e. The molecule has 2 aliphatic rings. The third kappa shape index (κ3) is 1.67. The lowest BCUT2D eigenvalue weighted by Gasteiger charge is -2.23. The Labute approximate surface area is 115 Å². The van der Waals surface area contributed by atoms with Crippen molar-refractivity contribution in [2.45, 2.75) is 31.2 Å². The van der Waals surface area contributed by atoms with Crippen molar-refractivity contribution >= 4 is 22.7 Å². The van der Waals surface area contributed by atoms with Gasteiger partial charge in [-0.2, -0.15) is 0 Å². The highest BCUT2D eigenvalue weighted by Gasteiger charge is 2.46. The lowest BCUT2D eigenvalue weighted by molar-refractivity contribution is 0.0188. The summed E-state index contributed by atoms with van der Waals surface area (Å²) in [5.41, 5.74) is 0. The van der Waals surface area contributed by atoms with Crippen molar-refractivity contribution in [2.24, 2.45) is 0 Å². The van der Waals surface area contributed by atoms with Crippen molar-refractivity contribution in [1.82, 2.24) is 4.90 Å². The Bertz CT molecular complexity index is 508. The van der Waals surface area contributed by atoms with E-state index < -0.39 is 0 Å². The van der Waals surface area contributed by atoms with Gasteiger partial charge in [0.1, 0.15) is 12.3 Å². The first-order chi connectivity index (χ1) is 8.93. The zero-order valence-corrected chi connectivity index (χ0v) is 11.6. The Morgan fingerprint density at radius 2 is 1.89 bits per heavy atom. The molecule has 2 aliphatic heterocycles. The summed E-state index contributed by atoms with van der Waals surface area (Å²) >= 11 is 3.67. The van der Waals surface area contributed by atoms with Crippen molar-refractivity contribution < 1.29 is 4.74 Å². The van der Waals surface area contributed by atoms with Crippen LogP contribution in [0, 0.1) is 0 Å². The highest BCUT2D eigenvalue weighted by molar-refractivity contribution is 7.10. The molecule has 18 heavy (non-hydrogen) atoms. The normalized spacial score (nSPS) is 31.9. The van der Waals surface area contributed by atoms with E-state index in [-0.39, 0.29) is 6.10 Å². The summed E-state index contributed by atoms with van der Waals surface area (Å²) in [4.78, 5) is 5.36. The molecule has 0 aliphatic carbocycles. The zero-order chi connectivity index (χ0) is 11.9. The van der Waals surface area contributed by atoms with E-state index in [4.69, 9.17) is 4.74 Å². The van der Waals surface area contributed by atoms with E-state index in [0.717, 1.165) is 0 Å². The summed E-state index contributed by atoms with van der Waals surface area (Å²) in [5, 5.41) is 4.32. The highest BCUT2D eigenvalue weighted by atomic mass is 32.1. The average molecular weight is 277 g/mol. The van der Waals surface area contributed by atoms with Crippen LogP contribution in [-0.2, 0) is 4.74 Å². The van der Waals surface area contributed by atoms with E-state index in [2.05, 4.69) is 39.9 Å². The molecule has 4 heteroatoms. The predicted molar refractivity (Wildman–Crippen MR) is 74.9 cm³/mol. The topological polar surface area (TPSA) is 12.5 Å². The summed E-state index contributed by atoms with van der Waals surface area (Å²) in [5.74, 6) is 0. The van der Waals surface area contributed by atoms with Crippen molar-refractivity contribution in [3.05, 3.63) is 44.8 Å². The third-order valence-electron chi connectivity index (χ3n) is 3.84. The van der Waals surface area contributed by atoms with Gasteiger partial charge in [0.15, 0.2) is 0 Å². The molecule has 94 valence electrons. The maximum absolute atomic E-state index is 6.31. The smallest absolute Gasteiger partial charge is 0.114 e. The van der Waals surface area contributed by atoms with Gasteiger partial charge < -0.3 is 4.74 Å². The fraction of sp³-hybridized carbons (Fsp3) is 0.429. The molecule has 2 aromatic rings. The molecule has 0 bridgehead atoms. The van der Waals surface area contributed by atoms with Crippen LogP contribution in [0.25, 0.3) is 0 Å². The SMILES string of the molecule is c1csc([C@H]2OC3CCCN3[C@@H]2c2cccs2)c1. The van der Waals surface area contributed by atoms with Gasteiger partial charge in [0, 0.05) is 16.3 Å². The van der Waals surface area contributed by atoms with Crippen molar-refractivity contribution in [1.29, 1.82) is 0 Å². The van der Waals surface area contributed by atoms with Crippen LogP contribution in [0.5, 0.6) is 0 Å². The number of fused-ring (bicyclic) bond motifs is 1. The largest absolute Gasteiger partial charge is 0.352 e. The molecule has 0 amide bonds. The number of thiophene rings is 2. The first kappa shape index (κ1) is 11.2. The van der Waals surface area contributed by atoms with Gasteiger partial charge in [0.25, 0.3) is 0 Å². The molecule has 2 saturated heterocycles. The monoisotopic (exact) mass is 277 g/mol. The number of hydrogen-bond acceptors (Lipinski definition) is 4. The summed E-state index contributed by atoms with van der Waals surface area (Å²) in [6.45, 7) is 1.18. The Morgan fingerprint density at radius 1 is 1.11 bits per heavy atom. The van der Waals surface area contributed by atoms with Crippen molar-refractivity contribution in [3.8, 4) is 0 Å². The molecule has 3 atom stereocenters. The highest BCUT2D eigenvalue weighted by Crippen LogP contribution is 2.50. The van der Waals surface area contributed by atoms with Crippen LogP contribution in [0.15, 0.2) is 35.0 Å². The van der Waals surface area contributed by atoms with E-state index in [1.54, 1.807) is 0 Å². The van der Waals surface area contributed by atoms with Crippen LogP contribution in [0.4, 0.5) is 0 Å². The predicted octanol–water partition coefficient (Wildman–Crippen LogP) is 4.04. The molecule has 2 fully saturated rings. The molecule has 2 nitrogen and oxygen atoms in total. The van der Waals surface area contributed by atoms with Crippen molar-refractivity contribution in [2.75, 3.05) is 6.54 Å². The lowest BCUT2D eigenvalue weighted by atomic mass is 10.1. The van der Waals surface area contributed by atoms with Crippen LogP contribution in [0.2, 0.25) is 0 Å². The Balaban J connectivity index is 1.74. The quantitative estimate of drug-likeness (QED) is 0.821. The molecular formula is C14H15NOS2. The van der Waals surface area contributed by atoms with Crippen LogP contribution >= 0.6 is 22.7 Å². The minimum atomic E-state index is 0.231. The number of rotatable bonds is 2.